The number of nitrogens with one attached hydrogen (secondary N) is 1. The first-order valence-electron chi connectivity index (χ1n) is 8.79. The average Bonchev–Trinajstić information content (AvgIpc) is 3.09. The van der Waals surface area contributed by atoms with Crippen molar-refractivity contribution in [2.75, 3.05) is 11.1 Å². The van der Waals surface area contributed by atoms with E-state index in [4.69, 9.17) is 5.11 Å². The monoisotopic (exact) mass is 387 g/mol. The summed E-state index contributed by atoms with van der Waals surface area (Å²) >= 11 is 0. The summed E-state index contributed by atoms with van der Waals surface area (Å²) in [5.74, 6) is -1.76. The highest BCUT2D eigenvalue weighted by atomic mass is 32.2. The molecule has 27 heavy (non-hydrogen) atoms. The lowest BCUT2D eigenvalue weighted by Crippen LogP contribution is -2.18. The average molecular weight is 387 g/mol. The second kappa shape index (κ2) is 7.92. The summed E-state index contributed by atoms with van der Waals surface area (Å²) < 4.78 is 25.1. The van der Waals surface area contributed by atoms with E-state index in [0.29, 0.717) is 11.3 Å². The lowest BCUT2D eigenvalue weighted by atomic mass is 10.1. The predicted octanol–water partition coefficient (Wildman–Crippen LogP) is 2.60. The van der Waals surface area contributed by atoms with Gasteiger partial charge in [0.2, 0.25) is 5.91 Å². The summed E-state index contributed by atoms with van der Waals surface area (Å²) in [5, 5.41) is 11.6. The van der Waals surface area contributed by atoms with Crippen LogP contribution in [0.5, 0.6) is 0 Å². The first-order chi connectivity index (χ1) is 12.8. The molecule has 0 bridgehead atoms. The van der Waals surface area contributed by atoms with Crippen LogP contribution in [0.25, 0.3) is 0 Å². The summed E-state index contributed by atoms with van der Waals surface area (Å²) in [5.41, 5.74) is 3.13. The number of carbonyl (C=O) groups excluding carboxylic acids is 1. The number of rotatable bonds is 7. The van der Waals surface area contributed by atoms with Crippen LogP contribution in [0.3, 0.4) is 0 Å². The molecule has 0 saturated heterocycles. The van der Waals surface area contributed by atoms with Crippen molar-refractivity contribution in [1.82, 2.24) is 0 Å². The van der Waals surface area contributed by atoms with Crippen molar-refractivity contribution in [3.63, 3.8) is 0 Å². The number of fused-ring (bicyclic) bond motifs is 1. The predicted molar refractivity (Wildman–Crippen MR) is 102 cm³/mol. The van der Waals surface area contributed by atoms with Gasteiger partial charge in [0.15, 0.2) is 9.84 Å². The summed E-state index contributed by atoms with van der Waals surface area (Å²) in [7, 11) is -3.55. The Bertz CT molecular complexity index is 982. The molecule has 3 rings (SSSR count). The Hall–Kier alpha value is -2.67. The minimum absolute atomic E-state index is 0.194. The molecule has 0 unspecified atom stereocenters. The van der Waals surface area contributed by atoms with Gasteiger partial charge >= 0.3 is 5.97 Å². The molecule has 1 aliphatic rings. The zero-order chi connectivity index (χ0) is 19.4. The molecular weight excluding hydrogens is 366 g/mol. The van der Waals surface area contributed by atoms with Gasteiger partial charge in [-0.2, -0.15) is 0 Å². The SMILES string of the molecule is O=C(O)Cc1ccccc1NC(=O)CCS(=O)(=O)c1ccc2c(c1)CCC2. The maximum atomic E-state index is 12.5. The van der Waals surface area contributed by atoms with E-state index >= 15 is 0 Å². The van der Waals surface area contributed by atoms with Crippen molar-refractivity contribution in [2.24, 2.45) is 0 Å². The van der Waals surface area contributed by atoms with Gasteiger partial charge in [-0.15, -0.1) is 0 Å². The number of para-hydroxylation sites is 1. The van der Waals surface area contributed by atoms with Crippen LogP contribution in [0.15, 0.2) is 47.4 Å². The maximum Gasteiger partial charge on any atom is 0.307 e. The molecule has 2 aromatic rings. The number of aliphatic carboxylic acids is 1. The van der Waals surface area contributed by atoms with Gasteiger partial charge in [0.1, 0.15) is 0 Å². The highest BCUT2D eigenvalue weighted by Gasteiger charge is 2.20. The number of carboxylic acid groups (broad SMARTS) is 1. The van der Waals surface area contributed by atoms with Crippen molar-refractivity contribution >= 4 is 27.4 Å². The zero-order valence-electron chi connectivity index (χ0n) is 14.8. The quantitative estimate of drug-likeness (QED) is 0.761. The Labute approximate surface area is 158 Å². The number of carboxylic acids is 1. The van der Waals surface area contributed by atoms with Crippen LogP contribution in [-0.4, -0.2) is 31.2 Å². The molecule has 0 radical (unpaired) electrons. The second-order valence-corrected chi connectivity index (χ2v) is 8.74. The zero-order valence-corrected chi connectivity index (χ0v) is 15.6. The highest BCUT2D eigenvalue weighted by molar-refractivity contribution is 7.91. The van der Waals surface area contributed by atoms with Gasteiger partial charge in [0.05, 0.1) is 17.1 Å². The van der Waals surface area contributed by atoms with E-state index in [9.17, 15) is 18.0 Å². The molecule has 2 N–H and O–H groups in total. The lowest BCUT2D eigenvalue weighted by molar-refractivity contribution is -0.136. The largest absolute Gasteiger partial charge is 0.481 e. The topological polar surface area (TPSA) is 101 Å². The Kier molecular flexibility index (Phi) is 5.60. The van der Waals surface area contributed by atoms with Crippen LogP contribution >= 0.6 is 0 Å². The van der Waals surface area contributed by atoms with Gasteiger partial charge in [-0.3, -0.25) is 9.59 Å². The van der Waals surface area contributed by atoms with E-state index in [1.807, 2.05) is 6.07 Å². The fourth-order valence-electron chi connectivity index (χ4n) is 3.26. The number of benzene rings is 2. The third kappa shape index (κ3) is 4.74. The minimum Gasteiger partial charge on any atom is -0.481 e. The van der Waals surface area contributed by atoms with E-state index in [2.05, 4.69) is 5.32 Å². The molecule has 1 aliphatic carbocycles. The van der Waals surface area contributed by atoms with Crippen LogP contribution in [0.1, 0.15) is 29.5 Å². The van der Waals surface area contributed by atoms with Gasteiger partial charge in [-0.25, -0.2) is 8.42 Å². The first kappa shape index (κ1) is 19.1. The normalized spacial score (nSPS) is 13.2. The van der Waals surface area contributed by atoms with Gasteiger partial charge in [0.25, 0.3) is 0 Å². The molecule has 0 heterocycles. The fraction of sp³-hybridized carbons (Fsp3) is 0.300. The van der Waals surface area contributed by atoms with Crippen molar-refractivity contribution in [3.8, 4) is 0 Å². The molecule has 0 aliphatic heterocycles. The van der Waals surface area contributed by atoms with E-state index in [1.54, 1.807) is 36.4 Å². The standard InChI is InChI=1S/C20H21NO5S/c22-19(21-18-7-2-1-4-16(18)13-20(23)24)10-11-27(25,26)17-9-8-14-5-3-6-15(14)12-17/h1-2,4,7-9,12H,3,5-6,10-11,13H2,(H,21,22)(H,23,24). The smallest absolute Gasteiger partial charge is 0.307 e. The van der Waals surface area contributed by atoms with Crippen LogP contribution in [-0.2, 0) is 38.7 Å². The Morgan fingerprint density at radius 1 is 1.04 bits per heavy atom. The molecule has 6 nitrogen and oxygen atoms in total. The molecule has 2 aromatic carbocycles. The second-order valence-electron chi connectivity index (χ2n) is 6.63. The minimum atomic E-state index is -3.55. The van der Waals surface area contributed by atoms with Crippen LogP contribution in [0.2, 0.25) is 0 Å². The molecule has 7 heteroatoms. The summed E-state index contributed by atoms with van der Waals surface area (Å²) in [6, 6.07) is 11.8. The molecule has 0 aromatic heterocycles. The van der Waals surface area contributed by atoms with Crippen LogP contribution < -0.4 is 5.32 Å². The number of amides is 1. The van der Waals surface area contributed by atoms with Gasteiger partial charge in [-0.05, 0) is 54.2 Å². The highest BCUT2D eigenvalue weighted by Crippen LogP contribution is 2.25. The molecule has 142 valence electrons. The van der Waals surface area contributed by atoms with E-state index in [1.165, 1.54) is 5.56 Å². The molecule has 0 atom stereocenters. The van der Waals surface area contributed by atoms with Crippen LogP contribution in [0.4, 0.5) is 5.69 Å². The Morgan fingerprint density at radius 3 is 2.56 bits per heavy atom. The van der Waals surface area contributed by atoms with E-state index < -0.39 is 21.7 Å². The van der Waals surface area contributed by atoms with E-state index in [0.717, 1.165) is 24.8 Å². The molecule has 0 spiro atoms. The Balaban J connectivity index is 1.64. The fourth-order valence-corrected chi connectivity index (χ4v) is 4.55. The molecule has 1 amide bonds. The third-order valence-corrected chi connectivity index (χ3v) is 6.37. The van der Waals surface area contributed by atoms with Crippen molar-refractivity contribution in [2.45, 2.75) is 37.0 Å². The van der Waals surface area contributed by atoms with Crippen LogP contribution in [0, 0.1) is 0 Å². The number of aryl methyl sites for hydroxylation is 2. The number of anilines is 1. The third-order valence-electron chi connectivity index (χ3n) is 4.66. The first-order valence-corrected chi connectivity index (χ1v) is 10.4. The molecule has 0 fully saturated rings. The van der Waals surface area contributed by atoms with Gasteiger partial charge < -0.3 is 10.4 Å². The summed E-state index contributed by atoms with van der Waals surface area (Å²) in [6.45, 7) is 0. The van der Waals surface area contributed by atoms with Gasteiger partial charge in [-0.1, -0.05) is 24.3 Å². The van der Waals surface area contributed by atoms with Crippen molar-refractivity contribution < 1.29 is 23.1 Å². The lowest BCUT2D eigenvalue weighted by Gasteiger charge is -2.10. The number of carbonyl (C=O) groups is 2. The number of hydrogen-bond acceptors (Lipinski definition) is 4. The van der Waals surface area contributed by atoms with Gasteiger partial charge in [0, 0.05) is 12.1 Å². The van der Waals surface area contributed by atoms with E-state index in [-0.39, 0.29) is 23.5 Å². The summed E-state index contributed by atoms with van der Waals surface area (Å²) in [6.07, 6.45) is 2.50. The molecule has 0 saturated carbocycles. The van der Waals surface area contributed by atoms with Crippen molar-refractivity contribution in [1.29, 1.82) is 0 Å². The maximum absolute atomic E-state index is 12.5. The summed E-state index contributed by atoms with van der Waals surface area (Å²) in [4.78, 5) is 23.4. The Morgan fingerprint density at radius 2 is 1.78 bits per heavy atom. The van der Waals surface area contributed by atoms with Crippen molar-refractivity contribution in [3.05, 3.63) is 59.2 Å². The number of hydrogen-bond donors (Lipinski definition) is 2. The number of sulfone groups is 1. The molecular formula is C20H21NO5S.